The maximum absolute atomic E-state index is 13.8. The van der Waals surface area contributed by atoms with Crippen LogP contribution in [0.5, 0.6) is 5.75 Å². The molecule has 2 atom stereocenters. The molecule has 37 heavy (non-hydrogen) atoms. The number of rotatable bonds is 6. The van der Waals surface area contributed by atoms with Crippen molar-refractivity contribution in [2.75, 3.05) is 13.2 Å². The molecule has 208 valence electrons. The van der Waals surface area contributed by atoms with Gasteiger partial charge in [0.05, 0.1) is 25.2 Å². The summed E-state index contributed by atoms with van der Waals surface area (Å²) in [7, 11) is 0. The molecular weight excluding hydrogens is 484 g/mol. The highest BCUT2D eigenvalue weighted by atomic mass is 19.1. The first-order valence-corrected chi connectivity index (χ1v) is 13.1. The van der Waals surface area contributed by atoms with E-state index in [0.717, 1.165) is 0 Å². The lowest BCUT2D eigenvalue weighted by Crippen LogP contribution is -2.45. The second-order valence-corrected chi connectivity index (χ2v) is 12.2. The van der Waals surface area contributed by atoms with E-state index < -0.39 is 34.7 Å². The van der Waals surface area contributed by atoms with E-state index in [1.807, 2.05) is 41.5 Å². The van der Waals surface area contributed by atoms with Gasteiger partial charge >= 0.3 is 12.1 Å². The van der Waals surface area contributed by atoms with Crippen LogP contribution in [0.25, 0.3) is 0 Å². The quantitative estimate of drug-likeness (QED) is 0.454. The summed E-state index contributed by atoms with van der Waals surface area (Å²) >= 11 is 0. The van der Waals surface area contributed by atoms with Crippen molar-refractivity contribution < 1.29 is 37.7 Å². The molecule has 1 aliphatic carbocycles. The summed E-state index contributed by atoms with van der Waals surface area (Å²) < 4.78 is 44.9. The van der Waals surface area contributed by atoms with Gasteiger partial charge in [-0.25, -0.2) is 13.6 Å². The number of phenols is 1. The van der Waals surface area contributed by atoms with E-state index in [-0.39, 0.29) is 43.0 Å². The topological polar surface area (TPSA) is 85.3 Å². The second-order valence-electron chi connectivity index (χ2n) is 12.2. The van der Waals surface area contributed by atoms with E-state index in [2.05, 4.69) is 0 Å². The van der Waals surface area contributed by atoms with E-state index in [0.29, 0.717) is 50.3 Å². The van der Waals surface area contributed by atoms with Crippen molar-refractivity contribution in [1.29, 1.82) is 0 Å². The van der Waals surface area contributed by atoms with Crippen LogP contribution >= 0.6 is 0 Å². The molecule has 7 nitrogen and oxygen atoms in total. The standard InChI is InChI=1S/C28H41F2NO6/c1-27(2,3)36-24(32)13-18-11-12-31(26(34)37-28(4,5)6)23(18)16-35-20-9-7-17(8-10-20)21-14-19(29)15-22(30)25(21)33/h14-15,17-18,20,23,33H,7-13,16H2,1-6H3/t17?,18-,20?,23+/m1/s1. The fraction of sp³-hybridized carbons (Fsp3) is 0.714. The summed E-state index contributed by atoms with van der Waals surface area (Å²) in [6.07, 6.45) is 2.83. The first-order chi connectivity index (χ1) is 17.1. The van der Waals surface area contributed by atoms with Gasteiger partial charge in [0, 0.05) is 18.2 Å². The largest absolute Gasteiger partial charge is 0.505 e. The van der Waals surface area contributed by atoms with Crippen molar-refractivity contribution in [2.24, 2.45) is 5.92 Å². The number of halogens is 2. The van der Waals surface area contributed by atoms with Crippen molar-refractivity contribution in [1.82, 2.24) is 4.90 Å². The van der Waals surface area contributed by atoms with Gasteiger partial charge in [-0.3, -0.25) is 4.79 Å². The first-order valence-electron chi connectivity index (χ1n) is 13.1. The van der Waals surface area contributed by atoms with Crippen molar-refractivity contribution in [3.8, 4) is 5.75 Å². The molecular formula is C28H41F2NO6. The van der Waals surface area contributed by atoms with Gasteiger partial charge in [-0.05, 0) is 91.5 Å². The lowest BCUT2D eigenvalue weighted by Gasteiger charge is -2.33. The van der Waals surface area contributed by atoms with Gasteiger partial charge < -0.3 is 24.2 Å². The van der Waals surface area contributed by atoms with E-state index in [9.17, 15) is 23.5 Å². The molecule has 0 bridgehead atoms. The highest BCUT2D eigenvalue weighted by molar-refractivity contribution is 5.72. The van der Waals surface area contributed by atoms with Gasteiger partial charge in [0.15, 0.2) is 11.6 Å². The number of phenolic OH excluding ortho intramolecular Hbond substituents is 1. The Balaban J connectivity index is 1.63. The average molecular weight is 526 g/mol. The van der Waals surface area contributed by atoms with Crippen molar-refractivity contribution in [3.63, 3.8) is 0 Å². The van der Waals surface area contributed by atoms with Crippen molar-refractivity contribution in [3.05, 3.63) is 29.3 Å². The first kappa shape index (κ1) is 29.1. The van der Waals surface area contributed by atoms with E-state index >= 15 is 0 Å². The van der Waals surface area contributed by atoms with Crippen LogP contribution in [-0.4, -0.2) is 58.6 Å². The number of carbonyl (C=O) groups is 2. The van der Waals surface area contributed by atoms with Crippen LogP contribution in [0.15, 0.2) is 12.1 Å². The number of nitrogens with zero attached hydrogens (tertiary/aromatic N) is 1. The fourth-order valence-electron chi connectivity index (χ4n) is 5.20. The number of carbonyl (C=O) groups excluding carboxylic acids is 2. The number of amides is 1. The van der Waals surface area contributed by atoms with Crippen LogP contribution in [0.2, 0.25) is 0 Å². The zero-order valence-electron chi connectivity index (χ0n) is 22.8. The van der Waals surface area contributed by atoms with Gasteiger partial charge in [-0.15, -0.1) is 0 Å². The molecule has 0 unspecified atom stereocenters. The number of esters is 1. The molecule has 1 amide bonds. The van der Waals surface area contributed by atoms with Gasteiger partial charge in [0.2, 0.25) is 0 Å². The van der Waals surface area contributed by atoms with Gasteiger partial charge in [0.25, 0.3) is 0 Å². The summed E-state index contributed by atoms with van der Waals surface area (Å²) in [4.78, 5) is 27.1. The number of aromatic hydroxyl groups is 1. The lowest BCUT2D eigenvalue weighted by molar-refractivity contribution is -0.156. The Morgan fingerprint density at radius 3 is 2.19 bits per heavy atom. The zero-order chi connectivity index (χ0) is 27.5. The van der Waals surface area contributed by atoms with Crippen LogP contribution in [-0.2, 0) is 19.0 Å². The smallest absolute Gasteiger partial charge is 0.410 e. The van der Waals surface area contributed by atoms with Crippen LogP contribution in [0, 0.1) is 17.6 Å². The average Bonchev–Trinajstić information content (AvgIpc) is 3.15. The highest BCUT2D eigenvalue weighted by Gasteiger charge is 2.41. The molecule has 0 spiro atoms. The maximum atomic E-state index is 13.8. The molecule has 2 aliphatic rings. The molecule has 3 rings (SSSR count). The van der Waals surface area contributed by atoms with Crippen LogP contribution in [0.1, 0.15) is 91.5 Å². The molecule has 0 aromatic heterocycles. The molecule has 1 N–H and O–H groups in total. The van der Waals surface area contributed by atoms with E-state index in [1.165, 1.54) is 6.07 Å². The summed E-state index contributed by atoms with van der Waals surface area (Å²) in [5.41, 5.74) is -0.948. The van der Waals surface area contributed by atoms with Crippen LogP contribution in [0.4, 0.5) is 13.6 Å². The predicted molar refractivity (Wildman–Crippen MR) is 134 cm³/mol. The SMILES string of the molecule is CC(C)(C)OC(=O)C[C@H]1CCN(C(=O)OC(C)(C)C)[C@H]1COC1CCC(c2cc(F)cc(F)c2O)CC1. The molecule has 9 heteroatoms. The molecule has 1 aromatic carbocycles. The Kier molecular flexibility index (Phi) is 9.09. The minimum absolute atomic E-state index is 0.0972. The fourth-order valence-corrected chi connectivity index (χ4v) is 5.20. The van der Waals surface area contributed by atoms with Gasteiger partial charge in [-0.1, -0.05) is 0 Å². The van der Waals surface area contributed by atoms with E-state index in [4.69, 9.17) is 14.2 Å². The Labute approximate surface area is 218 Å². The minimum Gasteiger partial charge on any atom is -0.505 e. The van der Waals surface area contributed by atoms with Crippen LogP contribution in [0.3, 0.4) is 0 Å². The third-order valence-corrected chi connectivity index (χ3v) is 6.84. The van der Waals surface area contributed by atoms with Crippen molar-refractivity contribution in [2.45, 2.75) is 109 Å². The zero-order valence-corrected chi connectivity index (χ0v) is 22.8. The Bertz CT molecular complexity index is 963. The van der Waals surface area contributed by atoms with Gasteiger partial charge in [0.1, 0.15) is 17.0 Å². The Hall–Kier alpha value is -2.42. The molecule has 1 saturated carbocycles. The molecule has 0 radical (unpaired) electrons. The molecule has 2 fully saturated rings. The highest BCUT2D eigenvalue weighted by Crippen LogP contribution is 2.40. The lowest BCUT2D eigenvalue weighted by atomic mass is 9.82. The maximum Gasteiger partial charge on any atom is 0.410 e. The minimum atomic E-state index is -0.951. The van der Waals surface area contributed by atoms with E-state index in [1.54, 1.807) is 4.90 Å². The number of likely N-dealkylation sites (tertiary alicyclic amines) is 1. The normalized spacial score (nSPS) is 24.7. The second kappa shape index (κ2) is 11.5. The molecule has 1 aromatic rings. The third-order valence-electron chi connectivity index (χ3n) is 6.84. The van der Waals surface area contributed by atoms with Crippen molar-refractivity contribution >= 4 is 12.1 Å². The van der Waals surface area contributed by atoms with Gasteiger partial charge in [-0.2, -0.15) is 0 Å². The molecule has 1 saturated heterocycles. The third kappa shape index (κ3) is 8.28. The summed E-state index contributed by atoms with van der Waals surface area (Å²) in [5.74, 6) is -2.73. The number of ether oxygens (including phenoxy) is 3. The summed E-state index contributed by atoms with van der Waals surface area (Å²) in [6, 6.07) is 1.55. The summed E-state index contributed by atoms with van der Waals surface area (Å²) in [5, 5.41) is 10.1. The number of hydrogen-bond donors (Lipinski definition) is 1. The van der Waals surface area contributed by atoms with Crippen LogP contribution < -0.4 is 0 Å². The predicted octanol–water partition coefficient (Wildman–Crippen LogP) is 6.07. The Morgan fingerprint density at radius 1 is 0.973 bits per heavy atom. The monoisotopic (exact) mass is 525 g/mol. The molecule has 1 aliphatic heterocycles. The number of hydrogen-bond acceptors (Lipinski definition) is 6. The Morgan fingerprint density at radius 2 is 1.59 bits per heavy atom. The molecule has 1 heterocycles. The number of benzene rings is 1. The summed E-state index contributed by atoms with van der Waals surface area (Å²) in [6.45, 7) is 11.6.